The van der Waals surface area contributed by atoms with Gasteiger partial charge in [-0.05, 0) is 42.0 Å². The van der Waals surface area contributed by atoms with Crippen molar-refractivity contribution < 1.29 is 76.9 Å². The molecule has 3 aromatic carbocycles. The molecule has 0 spiro atoms. The molecule has 0 aliphatic carbocycles. The molecule has 6 nitrogen and oxygen atoms in total. The average Bonchev–Trinajstić information content (AvgIpc) is 3.30. The fraction of sp³-hybridized carbons (Fsp3) is 0.154. The molecule has 0 atom stereocenters. The molecule has 0 saturated heterocycles. The Hall–Kier alpha value is -4.83. The number of carbonyl (C=O) groups is 4. The van der Waals surface area contributed by atoms with E-state index in [1.807, 2.05) is 0 Å². The van der Waals surface area contributed by atoms with Crippen molar-refractivity contribution in [1.29, 1.82) is 0 Å². The van der Waals surface area contributed by atoms with Crippen LogP contribution >= 0.6 is 0 Å². The Morgan fingerprint density at radius 3 is 1.21 bits per heavy atom. The number of rotatable bonds is 3. The van der Waals surface area contributed by atoms with E-state index in [9.17, 15) is 45.5 Å². The summed E-state index contributed by atoms with van der Waals surface area (Å²) in [6, 6.07) is -1.39. The van der Waals surface area contributed by atoms with Crippen LogP contribution in [0.2, 0.25) is 0 Å². The Balaban J connectivity index is 2.04. The molecule has 0 saturated carbocycles. The molecule has 17 heteroatoms. The number of alkyl halides is 9. The van der Waals surface area contributed by atoms with Crippen LogP contribution in [0.3, 0.4) is 0 Å². The Labute approximate surface area is 229 Å². The smallest absolute Gasteiger partial charge is 0.386 e. The number of carbonyl (C=O) groups excluding carboxylic acids is 4. The van der Waals surface area contributed by atoms with Gasteiger partial charge in [0.15, 0.2) is 0 Å². The lowest BCUT2D eigenvalue weighted by atomic mass is 9.65. The van der Waals surface area contributed by atoms with Gasteiger partial charge in [-0.3, -0.25) is 0 Å². The minimum absolute atomic E-state index is 0.0151. The summed E-state index contributed by atoms with van der Waals surface area (Å²) < 4.78 is 169. The molecule has 2 aliphatic heterocycles. The number of cyclic esters (lactones) is 4. The van der Waals surface area contributed by atoms with Crippen molar-refractivity contribution in [2.75, 3.05) is 0 Å². The highest BCUT2D eigenvalue weighted by Gasteiger charge is 2.64. The van der Waals surface area contributed by atoms with Gasteiger partial charge < -0.3 is 9.47 Å². The van der Waals surface area contributed by atoms with Crippen LogP contribution in [0.25, 0.3) is 0 Å². The zero-order valence-corrected chi connectivity index (χ0v) is 20.1. The third kappa shape index (κ3) is 4.32. The first-order chi connectivity index (χ1) is 19.7. The topological polar surface area (TPSA) is 86.7 Å². The van der Waals surface area contributed by atoms with E-state index in [1.165, 1.54) is 0 Å². The van der Waals surface area contributed by atoms with Crippen LogP contribution in [0.5, 0.6) is 0 Å². The third-order valence-corrected chi connectivity index (χ3v) is 6.75. The van der Waals surface area contributed by atoms with Gasteiger partial charge in [0.2, 0.25) is 0 Å². The molecular weight excluding hydrogens is 617 g/mol. The molecule has 43 heavy (non-hydrogen) atoms. The summed E-state index contributed by atoms with van der Waals surface area (Å²) in [5, 5.41) is 0. The lowest BCUT2D eigenvalue weighted by molar-refractivity contribution is -0.172. The van der Waals surface area contributed by atoms with Crippen molar-refractivity contribution in [3.63, 3.8) is 0 Å². The van der Waals surface area contributed by atoms with E-state index in [4.69, 9.17) is 0 Å². The molecule has 5 rings (SSSR count). The molecule has 3 aromatic rings. The predicted molar refractivity (Wildman–Crippen MR) is 115 cm³/mol. The maximum absolute atomic E-state index is 15.6. The van der Waals surface area contributed by atoms with Gasteiger partial charge in [0.25, 0.3) is 0 Å². The standard InChI is InChI=1S/C26H7F11O6/c27-17-6-11-9(19(38)42-21(11)40)4-15(17)23(26(35,36)37,16-5-10-12(7-18(16)28)22(41)43-20(10)39)13-2-1-8(24(29,30)31)3-14(13)25(32,33)34/h1-7H. The molecule has 2 aliphatic rings. The van der Waals surface area contributed by atoms with E-state index in [1.54, 1.807) is 0 Å². The number of ether oxygens (including phenoxy) is 2. The second-order valence-electron chi connectivity index (χ2n) is 9.11. The normalized spacial score (nSPS) is 15.4. The van der Waals surface area contributed by atoms with E-state index in [2.05, 4.69) is 9.47 Å². The summed E-state index contributed by atoms with van der Waals surface area (Å²) in [7, 11) is 0. The summed E-state index contributed by atoms with van der Waals surface area (Å²) in [5.41, 5.74) is -19.9. The van der Waals surface area contributed by atoms with Crippen molar-refractivity contribution >= 4 is 23.9 Å². The largest absolute Gasteiger partial charge is 0.416 e. The maximum atomic E-state index is 15.6. The number of benzene rings is 3. The Kier molecular flexibility index (Phi) is 6.26. The van der Waals surface area contributed by atoms with Crippen LogP contribution in [-0.4, -0.2) is 30.1 Å². The van der Waals surface area contributed by atoms with Crippen LogP contribution in [0.15, 0.2) is 42.5 Å². The zero-order chi connectivity index (χ0) is 32.0. The minimum Gasteiger partial charge on any atom is -0.386 e. The number of esters is 4. The number of fused-ring (bicyclic) bond motifs is 2. The van der Waals surface area contributed by atoms with Gasteiger partial charge in [-0.25, -0.2) is 28.0 Å². The summed E-state index contributed by atoms with van der Waals surface area (Å²) in [6.45, 7) is 0. The summed E-state index contributed by atoms with van der Waals surface area (Å²) in [5.74, 6) is -10.8. The molecule has 0 bridgehead atoms. The van der Waals surface area contributed by atoms with Gasteiger partial charge in [0.1, 0.15) is 17.0 Å². The van der Waals surface area contributed by atoms with Crippen LogP contribution in [0.4, 0.5) is 48.3 Å². The molecule has 0 N–H and O–H groups in total. The van der Waals surface area contributed by atoms with Crippen LogP contribution < -0.4 is 0 Å². The lowest BCUT2D eigenvalue weighted by Crippen LogP contribution is -2.47. The second-order valence-corrected chi connectivity index (χ2v) is 9.11. The second kappa shape index (κ2) is 9.08. The van der Waals surface area contributed by atoms with Gasteiger partial charge in [-0.1, -0.05) is 6.07 Å². The highest BCUT2D eigenvalue weighted by atomic mass is 19.4. The molecule has 224 valence electrons. The van der Waals surface area contributed by atoms with Gasteiger partial charge in [0.05, 0.1) is 33.4 Å². The Morgan fingerprint density at radius 1 is 0.465 bits per heavy atom. The number of hydrogen-bond donors (Lipinski definition) is 0. The molecule has 0 amide bonds. The predicted octanol–water partition coefficient (Wildman–Crippen LogP) is 6.52. The van der Waals surface area contributed by atoms with Crippen LogP contribution in [0.1, 0.15) is 69.2 Å². The average molecular weight is 624 g/mol. The highest BCUT2D eigenvalue weighted by molar-refractivity contribution is 6.15. The van der Waals surface area contributed by atoms with Crippen molar-refractivity contribution in [2.24, 2.45) is 0 Å². The molecule has 0 unspecified atom stereocenters. The summed E-state index contributed by atoms with van der Waals surface area (Å²) in [6.07, 6.45) is -17.9. The van der Waals surface area contributed by atoms with E-state index in [0.717, 1.165) is 0 Å². The first-order valence-corrected chi connectivity index (χ1v) is 11.3. The number of halogens is 11. The molecular formula is C26H7F11O6. The Bertz CT molecular complexity index is 1700. The maximum Gasteiger partial charge on any atom is 0.416 e. The zero-order valence-electron chi connectivity index (χ0n) is 20.1. The van der Waals surface area contributed by atoms with Crippen molar-refractivity contribution in [3.05, 3.63) is 104 Å². The number of hydrogen-bond acceptors (Lipinski definition) is 6. The van der Waals surface area contributed by atoms with Crippen molar-refractivity contribution in [2.45, 2.75) is 23.9 Å². The first kappa shape index (κ1) is 29.7. The third-order valence-electron chi connectivity index (χ3n) is 6.75. The molecule has 2 heterocycles. The van der Waals surface area contributed by atoms with E-state index < -0.39 is 116 Å². The minimum atomic E-state index is -6.32. The summed E-state index contributed by atoms with van der Waals surface area (Å²) in [4.78, 5) is 48.0. The van der Waals surface area contributed by atoms with E-state index in [0.29, 0.717) is 0 Å². The van der Waals surface area contributed by atoms with E-state index in [-0.39, 0.29) is 36.4 Å². The fourth-order valence-corrected chi connectivity index (χ4v) is 4.96. The molecule has 0 aromatic heterocycles. The van der Waals surface area contributed by atoms with Crippen LogP contribution in [0, 0.1) is 11.6 Å². The molecule has 0 fully saturated rings. The summed E-state index contributed by atoms with van der Waals surface area (Å²) >= 11 is 0. The highest BCUT2D eigenvalue weighted by Crippen LogP contribution is 2.56. The SMILES string of the molecule is O=C1OC(=O)c2cc(C(c3cc4c(cc3F)C(=O)OC4=O)(c3ccc(C(F)(F)F)cc3C(F)(F)F)C(F)(F)F)c(F)cc21. The monoisotopic (exact) mass is 624 g/mol. The van der Waals surface area contributed by atoms with Gasteiger partial charge >= 0.3 is 42.4 Å². The molecule has 0 radical (unpaired) electrons. The van der Waals surface area contributed by atoms with Gasteiger partial charge in [-0.15, -0.1) is 0 Å². The quantitative estimate of drug-likeness (QED) is 0.143. The van der Waals surface area contributed by atoms with Gasteiger partial charge in [0, 0.05) is 11.1 Å². The van der Waals surface area contributed by atoms with Gasteiger partial charge in [-0.2, -0.15) is 39.5 Å². The van der Waals surface area contributed by atoms with Crippen LogP contribution in [-0.2, 0) is 27.2 Å². The van der Waals surface area contributed by atoms with Crippen molar-refractivity contribution in [1.82, 2.24) is 0 Å². The Morgan fingerprint density at radius 2 is 0.860 bits per heavy atom. The fourth-order valence-electron chi connectivity index (χ4n) is 4.96. The van der Waals surface area contributed by atoms with Crippen molar-refractivity contribution in [3.8, 4) is 0 Å². The first-order valence-electron chi connectivity index (χ1n) is 11.3. The lowest BCUT2D eigenvalue weighted by Gasteiger charge is -2.39. The van der Waals surface area contributed by atoms with E-state index >= 15 is 22.0 Å².